The molecule has 6 nitrogen and oxygen atoms in total. The van der Waals surface area contributed by atoms with E-state index in [-0.39, 0.29) is 34.0 Å². The topological polar surface area (TPSA) is 75.7 Å². The summed E-state index contributed by atoms with van der Waals surface area (Å²) >= 11 is 3.37. The van der Waals surface area contributed by atoms with Crippen molar-refractivity contribution in [3.8, 4) is 5.75 Å². The van der Waals surface area contributed by atoms with Crippen molar-refractivity contribution in [1.82, 2.24) is 4.31 Å². The van der Waals surface area contributed by atoms with Crippen molar-refractivity contribution in [2.24, 2.45) is 11.8 Å². The third-order valence-corrected chi connectivity index (χ3v) is 7.31. The van der Waals surface area contributed by atoms with Crippen molar-refractivity contribution in [2.75, 3.05) is 25.5 Å². The number of amides is 1. The minimum absolute atomic E-state index is 0.0168. The lowest BCUT2D eigenvalue weighted by Gasteiger charge is -2.34. The number of hydrogen-bond donors (Lipinski definition) is 1. The molecule has 2 aromatic rings. The molecule has 2 unspecified atom stereocenters. The van der Waals surface area contributed by atoms with E-state index < -0.39 is 10.0 Å². The van der Waals surface area contributed by atoms with Crippen LogP contribution in [0.2, 0.25) is 0 Å². The number of nitrogens with zero attached hydrogens (tertiary/aromatic N) is 1. The molecule has 1 aliphatic heterocycles. The molecular formula is C21H25BrN2O4S. The summed E-state index contributed by atoms with van der Waals surface area (Å²) in [7, 11) is -2.36. The Labute approximate surface area is 180 Å². The summed E-state index contributed by atoms with van der Waals surface area (Å²) in [5, 5.41) is 2.79. The average molecular weight is 481 g/mol. The second-order valence-corrected chi connectivity index (χ2v) is 10.4. The Hall–Kier alpha value is -1.90. The maximum atomic E-state index is 13.3. The van der Waals surface area contributed by atoms with Crippen molar-refractivity contribution < 1.29 is 17.9 Å². The summed E-state index contributed by atoms with van der Waals surface area (Å²) in [4.78, 5) is 12.7. The molecule has 0 aliphatic carbocycles. The first-order chi connectivity index (χ1) is 13.7. The Morgan fingerprint density at radius 3 is 2.45 bits per heavy atom. The van der Waals surface area contributed by atoms with Gasteiger partial charge in [0, 0.05) is 28.8 Å². The predicted octanol–water partition coefficient (Wildman–Crippen LogP) is 4.38. The van der Waals surface area contributed by atoms with Gasteiger partial charge in [-0.2, -0.15) is 4.31 Å². The average Bonchev–Trinajstić information content (AvgIpc) is 2.66. The van der Waals surface area contributed by atoms with Crippen LogP contribution in [-0.2, 0) is 10.0 Å². The number of nitrogens with one attached hydrogen (secondary N) is 1. The fraction of sp³-hybridized carbons (Fsp3) is 0.381. The molecule has 1 fully saturated rings. The number of carbonyl (C=O) groups is 1. The Morgan fingerprint density at radius 2 is 1.83 bits per heavy atom. The SMILES string of the molecule is COc1ccc(C(=O)Nc2cccc(Br)c2)cc1S(=O)(=O)N1CC(C)CC(C)C1. The van der Waals surface area contributed by atoms with Gasteiger partial charge in [-0.15, -0.1) is 0 Å². The van der Waals surface area contributed by atoms with E-state index >= 15 is 0 Å². The van der Waals surface area contributed by atoms with Gasteiger partial charge in [0.2, 0.25) is 10.0 Å². The lowest BCUT2D eigenvalue weighted by atomic mass is 9.94. The van der Waals surface area contributed by atoms with Crippen molar-refractivity contribution in [3.63, 3.8) is 0 Å². The number of anilines is 1. The zero-order chi connectivity index (χ0) is 21.2. The van der Waals surface area contributed by atoms with Crippen LogP contribution < -0.4 is 10.1 Å². The summed E-state index contributed by atoms with van der Waals surface area (Å²) < 4.78 is 34.3. The Bertz CT molecular complexity index is 999. The van der Waals surface area contributed by atoms with Crippen molar-refractivity contribution in [3.05, 3.63) is 52.5 Å². The summed E-state index contributed by atoms with van der Waals surface area (Å²) in [6.45, 7) is 5.03. The number of sulfonamides is 1. The second-order valence-electron chi connectivity index (χ2n) is 7.60. The molecule has 0 aromatic heterocycles. The molecule has 2 aromatic carbocycles. The Kier molecular flexibility index (Phi) is 6.65. The lowest BCUT2D eigenvalue weighted by molar-refractivity contribution is 0.102. The molecule has 0 radical (unpaired) electrons. The Morgan fingerprint density at radius 1 is 1.14 bits per heavy atom. The van der Waals surface area contributed by atoms with Crippen LogP contribution in [0.3, 0.4) is 0 Å². The van der Waals surface area contributed by atoms with Gasteiger partial charge in [-0.1, -0.05) is 35.8 Å². The largest absolute Gasteiger partial charge is 0.495 e. The number of methoxy groups -OCH3 is 1. The zero-order valence-electron chi connectivity index (χ0n) is 16.7. The van der Waals surface area contributed by atoms with Crippen LogP contribution >= 0.6 is 15.9 Å². The molecular weight excluding hydrogens is 456 g/mol. The number of hydrogen-bond acceptors (Lipinski definition) is 4. The second kappa shape index (κ2) is 8.85. The van der Waals surface area contributed by atoms with Gasteiger partial charge in [0.1, 0.15) is 10.6 Å². The molecule has 1 amide bonds. The van der Waals surface area contributed by atoms with Crippen LogP contribution in [0.5, 0.6) is 5.75 Å². The molecule has 156 valence electrons. The predicted molar refractivity (Wildman–Crippen MR) is 117 cm³/mol. The highest BCUT2D eigenvalue weighted by atomic mass is 79.9. The van der Waals surface area contributed by atoms with E-state index in [0.29, 0.717) is 18.8 Å². The summed E-state index contributed by atoms with van der Waals surface area (Å²) in [6, 6.07) is 11.7. The first-order valence-corrected chi connectivity index (χ1v) is 11.7. The first-order valence-electron chi connectivity index (χ1n) is 9.46. The van der Waals surface area contributed by atoms with Gasteiger partial charge in [-0.3, -0.25) is 4.79 Å². The molecule has 0 spiro atoms. The number of benzene rings is 2. The van der Waals surface area contributed by atoms with Crippen LogP contribution in [0.4, 0.5) is 5.69 Å². The minimum Gasteiger partial charge on any atom is -0.495 e. The van der Waals surface area contributed by atoms with E-state index in [1.54, 1.807) is 18.2 Å². The molecule has 1 heterocycles. The fourth-order valence-electron chi connectivity index (χ4n) is 3.73. The normalized spacial score (nSPS) is 20.3. The first kappa shape index (κ1) is 21.8. The minimum atomic E-state index is -3.79. The summed E-state index contributed by atoms with van der Waals surface area (Å²) in [5.41, 5.74) is 0.866. The van der Waals surface area contributed by atoms with Gasteiger partial charge in [0.15, 0.2) is 0 Å². The molecule has 8 heteroatoms. The standard InChI is InChI=1S/C21H25BrN2O4S/c1-14-9-15(2)13-24(12-14)29(26,27)20-10-16(7-8-19(20)28-3)21(25)23-18-6-4-5-17(22)11-18/h4-8,10-11,14-15H,9,12-13H2,1-3H3,(H,23,25). The molecule has 1 saturated heterocycles. The van der Waals surface area contributed by atoms with Gasteiger partial charge in [0.25, 0.3) is 5.91 Å². The van der Waals surface area contributed by atoms with Crippen molar-refractivity contribution >= 4 is 37.5 Å². The van der Waals surface area contributed by atoms with Crippen LogP contribution in [0.1, 0.15) is 30.6 Å². The maximum absolute atomic E-state index is 13.3. The third kappa shape index (κ3) is 4.99. The number of rotatable bonds is 5. The van der Waals surface area contributed by atoms with E-state index in [0.717, 1.165) is 10.9 Å². The molecule has 0 bridgehead atoms. The smallest absolute Gasteiger partial charge is 0.255 e. The van der Waals surface area contributed by atoms with Crippen molar-refractivity contribution in [2.45, 2.75) is 25.2 Å². The molecule has 1 aliphatic rings. The van der Waals surface area contributed by atoms with Crippen molar-refractivity contribution in [1.29, 1.82) is 0 Å². The quantitative estimate of drug-likeness (QED) is 0.688. The monoisotopic (exact) mass is 480 g/mol. The van der Waals surface area contributed by atoms with E-state index in [2.05, 4.69) is 35.1 Å². The number of piperidine rings is 1. The lowest BCUT2D eigenvalue weighted by Crippen LogP contribution is -2.42. The molecule has 1 N–H and O–H groups in total. The molecule has 0 saturated carbocycles. The third-order valence-electron chi connectivity index (χ3n) is 4.96. The summed E-state index contributed by atoms with van der Waals surface area (Å²) in [6.07, 6.45) is 0.998. The van der Waals surface area contributed by atoms with Crippen LogP contribution in [0, 0.1) is 11.8 Å². The van der Waals surface area contributed by atoms with Crippen LogP contribution in [0.15, 0.2) is 51.8 Å². The van der Waals surface area contributed by atoms with E-state index in [9.17, 15) is 13.2 Å². The Balaban J connectivity index is 1.93. The highest BCUT2D eigenvalue weighted by molar-refractivity contribution is 9.10. The number of ether oxygens (including phenoxy) is 1. The molecule has 29 heavy (non-hydrogen) atoms. The van der Waals surface area contributed by atoms with Crippen LogP contribution in [-0.4, -0.2) is 38.8 Å². The van der Waals surface area contributed by atoms with E-state index in [1.165, 1.54) is 23.5 Å². The highest BCUT2D eigenvalue weighted by Gasteiger charge is 2.34. The fourth-order valence-corrected chi connectivity index (χ4v) is 5.99. The molecule has 2 atom stereocenters. The van der Waals surface area contributed by atoms with E-state index in [1.807, 2.05) is 12.1 Å². The van der Waals surface area contributed by atoms with Gasteiger partial charge in [-0.25, -0.2) is 8.42 Å². The van der Waals surface area contributed by atoms with Gasteiger partial charge >= 0.3 is 0 Å². The summed E-state index contributed by atoms with van der Waals surface area (Å²) in [5.74, 6) is 0.405. The number of carbonyl (C=O) groups excluding carboxylic acids is 1. The van der Waals surface area contributed by atoms with Crippen LogP contribution in [0.25, 0.3) is 0 Å². The molecule has 3 rings (SSSR count). The van der Waals surface area contributed by atoms with Gasteiger partial charge in [-0.05, 0) is 54.7 Å². The van der Waals surface area contributed by atoms with Gasteiger partial charge in [0.05, 0.1) is 7.11 Å². The zero-order valence-corrected chi connectivity index (χ0v) is 19.1. The van der Waals surface area contributed by atoms with Gasteiger partial charge < -0.3 is 10.1 Å². The number of halogens is 1. The highest BCUT2D eigenvalue weighted by Crippen LogP contribution is 2.32. The van der Waals surface area contributed by atoms with E-state index in [4.69, 9.17) is 4.74 Å². The maximum Gasteiger partial charge on any atom is 0.255 e.